The lowest BCUT2D eigenvalue weighted by Gasteiger charge is -2.40. The van der Waals surface area contributed by atoms with Crippen LogP contribution in [0.3, 0.4) is 0 Å². The van der Waals surface area contributed by atoms with Crippen molar-refractivity contribution >= 4 is 11.9 Å². The summed E-state index contributed by atoms with van der Waals surface area (Å²) >= 11 is 0. The van der Waals surface area contributed by atoms with E-state index in [1.807, 2.05) is 6.92 Å². The minimum absolute atomic E-state index is 0.198. The van der Waals surface area contributed by atoms with Crippen LogP contribution in [0.4, 0.5) is 0 Å². The van der Waals surface area contributed by atoms with Crippen molar-refractivity contribution < 1.29 is 49.0 Å². The molecule has 0 saturated carbocycles. The Morgan fingerprint density at radius 2 is 1.56 bits per heavy atom. The van der Waals surface area contributed by atoms with Crippen LogP contribution in [0, 0.1) is 0 Å². The van der Waals surface area contributed by atoms with Crippen molar-refractivity contribution in [3.05, 3.63) is 0 Å². The van der Waals surface area contributed by atoms with E-state index in [0.29, 0.717) is 12.8 Å². The van der Waals surface area contributed by atoms with Crippen molar-refractivity contribution in [2.45, 2.75) is 76.3 Å². The predicted octanol–water partition coefficient (Wildman–Crippen LogP) is -1.14. The van der Waals surface area contributed by atoms with Gasteiger partial charge in [-0.15, -0.1) is 0 Å². The van der Waals surface area contributed by atoms with Crippen molar-refractivity contribution in [1.29, 1.82) is 0 Å². The molecule has 1 aliphatic heterocycles. The second-order valence-corrected chi connectivity index (χ2v) is 6.32. The molecule has 1 unspecified atom stereocenters. The number of esters is 2. The summed E-state index contributed by atoms with van der Waals surface area (Å²) < 4.78 is 20.7. The topological polar surface area (TPSA) is 152 Å². The second-order valence-electron chi connectivity index (χ2n) is 6.32. The van der Waals surface area contributed by atoms with Crippen LogP contribution in [-0.4, -0.2) is 89.0 Å². The number of aliphatic hydroxyl groups excluding tert-OH is 4. The van der Waals surface area contributed by atoms with Crippen LogP contribution in [-0.2, 0) is 28.5 Å². The quantitative estimate of drug-likeness (QED) is 0.316. The van der Waals surface area contributed by atoms with Gasteiger partial charge in [0.15, 0.2) is 6.29 Å². The Hall–Kier alpha value is -1.30. The van der Waals surface area contributed by atoms with Crippen molar-refractivity contribution in [3.8, 4) is 0 Å². The largest absolute Gasteiger partial charge is 0.463 e. The fourth-order valence-corrected chi connectivity index (χ4v) is 2.40. The standard InChI is InChI=1S/C17H30O10/c1-3-5-12(19)24-8-10(7-18)26-17-16(23)15(22)14(21)11(27-17)9-25-13(20)6-4-2/h10-11,14-18,21-23H,3-9H2,1-2H3/t10?,11-,14+,15+,16-,17-/m1/s1. The molecule has 0 aromatic carbocycles. The van der Waals surface area contributed by atoms with Gasteiger partial charge in [0.05, 0.1) is 6.61 Å². The number of hydrogen-bond acceptors (Lipinski definition) is 10. The smallest absolute Gasteiger partial charge is 0.305 e. The van der Waals surface area contributed by atoms with Gasteiger partial charge in [0.1, 0.15) is 43.7 Å². The third-order valence-electron chi connectivity index (χ3n) is 3.95. The van der Waals surface area contributed by atoms with E-state index >= 15 is 0 Å². The number of ether oxygens (including phenoxy) is 4. The third kappa shape index (κ3) is 7.68. The molecule has 10 nitrogen and oxygen atoms in total. The summed E-state index contributed by atoms with van der Waals surface area (Å²) in [6.07, 6.45) is -6.65. The van der Waals surface area contributed by atoms with Crippen LogP contribution in [0.1, 0.15) is 39.5 Å². The highest BCUT2D eigenvalue weighted by atomic mass is 16.7. The molecule has 10 heteroatoms. The van der Waals surface area contributed by atoms with Gasteiger partial charge in [-0.3, -0.25) is 9.59 Å². The highest BCUT2D eigenvalue weighted by molar-refractivity contribution is 5.69. The lowest BCUT2D eigenvalue weighted by Crippen LogP contribution is -2.60. The average molecular weight is 394 g/mol. The first-order chi connectivity index (χ1) is 12.8. The molecule has 0 bridgehead atoms. The van der Waals surface area contributed by atoms with E-state index in [-0.39, 0.29) is 26.1 Å². The van der Waals surface area contributed by atoms with Crippen molar-refractivity contribution in [1.82, 2.24) is 0 Å². The molecule has 0 aromatic rings. The van der Waals surface area contributed by atoms with Gasteiger partial charge in [0, 0.05) is 12.8 Å². The Bertz CT molecular complexity index is 455. The minimum Gasteiger partial charge on any atom is -0.463 e. The van der Waals surface area contributed by atoms with Gasteiger partial charge in [-0.2, -0.15) is 0 Å². The van der Waals surface area contributed by atoms with Crippen LogP contribution < -0.4 is 0 Å². The highest BCUT2D eigenvalue weighted by Crippen LogP contribution is 2.23. The van der Waals surface area contributed by atoms with E-state index in [1.165, 1.54) is 0 Å². The number of carbonyl (C=O) groups excluding carboxylic acids is 2. The van der Waals surface area contributed by atoms with Crippen LogP contribution in [0.25, 0.3) is 0 Å². The molecule has 4 N–H and O–H groups in total. The van der Waals surface area contributed by atoms with E-state index in [2.05, 4.69) is 0 Å². The number of carbonyl (C=O) groups is 2. The lowest BCUT2D eigenvalue weighted by atomic mass is 9.99. The molecule has 1 heterocycles. The van der Waals surface area contributed by atoms with Gasteiger partial charge in [-0.25, -0.2) is 0 Å². The second kappa shape index (κ2) is 12.2. The third-order valence-corrected chi connectivity index (χ3v) is 3.95. The normalized spacial score (nSPS) is 29.2. The molecular weight excluding hydrogens is 364 g/mol. The first-order valence-electron chi connectivity index (χ1n) is 9.11. The molecule has 1 saturated heterocycles. The van der Waals surface area contributed by atoms with Crippen LogP contribution in [0.2, 0.25) is 0 Å². The van der Waals surface area contributed by atoms with E-state index in [1.54, 1.807) is 6.92 Å². The maximum atomic E-state index is 11.5. The fourth-order valence-electron chi connectivity index (χ4n) is 2.40. The Morgan fingerprint density at radius 1 is 0.963 bits per heavy atom. The summed E-state index contributed by atoms with van der Waals surface area (Å²) in [5, 5.41) is 39.4. The van der Waals surface area contributed by atoms with Gasteiger partial charge in [-0.05, 0) is 12.8 Å². The zero-order valence-electron chi connectivity index (χ0n) is 15.7. The maximum absolute atomic E-state index is 11.5. The summed E-state index contributed by atoms with van der Waals surface area (Å²) in [6.45, 7) is 2.49. The predicted molar refractivity (Wildman–Crippen MR) is 90.4 cm³/mol. The molecule has 0 aromatic heterocycles. The summed E-state index contributed by atoms with van der Waals surface area (Å²) in [4.78, 5) is 22.9. The van der Waals surface area contributed by atoms with E-state index in [9.17, 15) is 30.0 Å². The molecule has 1 rings (SSSR count). The molecule has 6 atom stereocenters. The Balaban J connectivity index is 2.62. The number of rotatable bonds is 11. The highest BCUT2D eigenvalue weighted by Gasteiger charge is 2.45. The average Bonchev–Trinajstić information content (AvgIpc) is 2.64. The van der Waals surface area contributed by atoms with Crippen molar-refractivity contribution in [2.75, 3.05) is 19.8 Å². The van der Waals surface area contributed by atoms with E-state index in [0.717, 1.165) is 0 Å². The lowest BCUT2D eigenvalue weighted by molar-refractivity contribution is -0.315. The summed E-state index contributed by atoms with van der Waals surface area (Å²) in [5.41, 5.74) is 0. The molecule has 0 radical (unpaired) electrons. The molecule has 0 amide bonds. The summed E-state index contributed by atoms with van der Waals surface area (Å²) in [5.74, 6) is -0.941. The van der Waals surface area contributed by atoms with Gasteiger partial charge < -0.3 is 39.4 Å². The molecule has 27 heavy (non-hydrogen) atoms. The van der Waals surface area contributed by atoms with Gasteiger partial charge in [0.25, 0.3) is 0 Å². The van der Waals surface area contributed by atoms with Gasteiger partial charge in [-0.1, -0.05) is 13.8 Å². The molecule has 158 valence electrons. The SMILES string of the molecule is CCCC(=O)OCC(CO)O[C@@H]1O[C@H](COC(=O)CCC)[C@H](O)[C@H](O)[C@H]1O. The monoisotopic (exact) mass is 394 g/mol. The first-order valence-corrected chi connectivity index (χ1v) is 9.11. The zero-order valence-corrected chi connectivity index (χ0v) is 15.7. The molecule has 1 fully saturated rings. The zero-order chi connectivity index (χ0) is 20.4. The molecular formula is C17H30O10. The molecule has 1 aliphatic rings. The summed E-state index contributed by atoms with van der Waals surface area (Å²) in [6, 6.07) is 0. The van der Waals surface area contributed by atoms with Crippen LogP contribution in [0.15, 0.2) is 0 Å². The Morgan fingerprint density at radius 3 is 2.11 bits per heavy atom. The number of aliphatic hydroxyl groups is 4. The van der Waals surface area contributed by atoms with E-state index < -0.39 is 55.4 Å². The van der Waals surface area contributed by atoms with Gasteiger partial charge >= 0.3 is 11.9 Å². The van der Waals surface area contributed by atoms with Gasteiger partial charge in [0.2, 0.25) is 0 Å². The van der Waals surface area contributed by atoms with E-state index in [4.69, 9.17) is 18.9 Å². The maximum Gasteiger partial charge on any atom is 0.305 e. The Kier molecular flexibility index (Phi) is 10.7. The minimum atomic E-state index is -1.61. The van der Waals surface area contributed by atoms with Crippen molar-refractivity contribution in [3.63, 3.8) is 0 Å². The Labute approximate surface area is 158 Å². The summed E-state index contributed by atoms with van der Waals surface area (Å²) in [7, 11) is 0. The fraction of sp³-hybridized carbons (Fsp3) is 0.882. The number of hydrogen-bond donors (Lipinski definition) is 4. The van der Waals surface area contributed by atoms with Crippen LogP contribution in [0.5, 0.6) is 0 Å². The molecule has 0 aliphatic carbocycles. The first kappa shape index (κ1) is 23.7. The molecule has 0 spiro atoms. The van der Waals surface area contributed by atoms with Crippen molar-refractivity contribution in [2.24, 2.45) is 0 Å². The van der Waals surface area contributed by atoms with Crippen LogP contribution >= 0.6 is 0 Å².